The Morgan fingerprint density at radius 3 is 2.52 bits per heavy atom. The second-order valence-electron chi connectivity index (χ2n) is 6.88. The van der Waals surface area contributed by atoms with E-state index in [2.05, 4.69) is 31.8 Å². The number of carbonyl (C=O) groups excluding carboxylic acids is 2. The predicted molar refractivity (Wildman–Crippen MR) is 111 cm³/mol. The van der Waals surface area contributed by atoms with Crippen LogP contribution in [0.15, 0.2) is 40.9 Å². The third-order valence-electron chi connectivity index (χ3n) is 5.16. The highest BCUT2D eigenvalue weighted by Crippen LogP contribution is 2.36. The van der Waals surface area contributed by atoms with Crippen LogP contribution in [0.1, 0.15) is 15.9 Å². The molecule has 7 heteroatoms. The van der Waals surface area contributed by atoms with Crippen LogP contribution in [0.3, 0.4) is 0 Å². The van der Waals surface area contributed by atoms with Gasteiger partial charge in [0.25, 0.3) is 5.78 Å². The number of nitrogens with zero attached hydrogens (tertiary/aromatic N) is 3. The third kappa shape index (κ3) is 3.37. The van der Waals surface area contributed by atoms with Gasteiger partial charge in [0.15, 0.2) is 0 Å². The standard InChI is InChI=1S/C20H19BrClN3O2/c1-13-5-6-16-17(18(13)21)19(26)20(27)25(16)12-23-7-9-24(10-8-23)15-4-2-3-14(22)11-15/h2-6,11H,7-10,12H2,1H3. The molecule has 0 spiro atoms. The summed E-state index contributed by atoms with van der Waals surface area (Å²) in [6.45, 7) is 5.66. The second kappa shape index (κ2) is 7.26. The van der Waals surface area contributed by atoms with Crippen LogP contribution in [0.5, 0.6) is 0 Å². The van der Waals surface area contributed by atoms with Gasteiger partial charge in [0, 0.05) is 41.4 Å². The molecule has 0 radical (unpaired) electrons. The van der Waals surface area contributed by atoms with Crippen molar-refractivity contribution in [3.63, 3.8) is 0 Å². The fourth-order valence-electron chi connectivity index (χ4n) is 3.61. The molecule has 0 aromatic heterocycles. The van der Waals surface area contributed by atoms with E-state index >= 15 is 0 Å². The van der Waals surface area contributed by atoms with Crippen molar-refractivity contribution in [1.82, 2.24) is 4.90 Å². The summed E-state index contributed by atoms with van der Waals surface area (Å²) in [5.74, 6) is -0.883. The van der Waals surface area contributed by atoms with Gasteiger partial charge in [-0.05, 0) is 52.7 Å². The molecule has 5 nitrogen and oxygen atoms in total. The molecule has 0 N–H and O–H groups in total. The van der Waals surface area contributed by atoms with Crippen molar-refractivity contribution < 1.29 is 9.59 Å². The maximum Gasteiger partial charge on any atom is 0.300 e. The number of hydrogen-bond donors (Lipinski definition) is 0. The number of carbonyl (C=O) groups is 2. The van der Waals surface area contributed by atoms with Crippen LogP contribution >= 0.6 is 27.5 Å². The van der Waals surface area contributed by atoms with Crippen molar-refractivity contribution in [2.24, 2.45) is 0 Å². The molecule has 0 bridgehead atoms. The number of ketones is 1. The molecule has 0 aliphatic carbocycles. The highest BCUT2D eigenvalue weighted by Gasteiger charge is 2.38. The SMILES string of the molecule is Cc1ccc2c(c1Br)C(=O)C(=O)N2CN1CCN(c2cccc(Cl)c2)CC1. The highest BCUT2D eigenvalue weighted by molar-refractivity contribution is 9.10. The van der Waals surface area contributed by atoms with E-state index < -0.39 is 11.7 Å². The molecule has 140 valence electrons. The number of piperazine rings is 1. The van der Waals surface area contributed by atoms with E-state index in [1.54, 1.807) is 4.90 Å². The number of anilines is 2. The molecule has 2 aromatic rings. The fraction of sp³-hybridized carbons (Fsp3) is 0.300. The molecule has 1 saturated heterocycles. The Morgan fingerprint density at radius 1 is 1.07 bits per heavy atom. The quantitative estimate of drug-likeness (QED) is 0.671. The summed E-state index contributed by atoms with van der Waals surface area (Å²) in [5.41, 5.74) is 3.24. The molecule has 4 rings (SSSR count). The first-order valence-electron chi connectivity index (χ1n) is 8.84. The van der Waals surface area contributed by atoms with Gasteiger partial charge in [0.05, 0.1) is 17.9 Å². The van der Waals surface area contributed by atoms with Gasteiger partial charge in [0.1, 0.15) is 0 Å². The normalized spacial score (nSPS) is 17.6. The summed E-state index contributed by atoms with van der Waals surface area (Å²) in [4.78, 5) is 31.0. The van der Waals surface area contributed by atoms with Gasteiger partial charge in [-0.2, -0.15) is 0 Å². The summed E-state index contributed by atoms with van der Waals surface area (Å²) in [5, 5.41) is 0.730. The zero-order valence-electron chi connectivity index (χ0n) is 14.9. The minimum Gasteiger partial charge on any atom is -0.369 e. The molecular formula is C20H19BrClN3O2. The summed E-state index contributed by atoms with van der Waals surface area (Å²) < 4.78 is 0.714. The maximum atomic E-state index is 12.5. The van der Waals surface area contributed by atoms with Gasteiger partial charge >= 0.3 is 5.91 Å². The van der Waals surface area contributed by atoms with Gasteiger partial charge in [0.2, 0.25) is 0 Å². The number of fused-ring (bicyclic) bond motifs is 1. The van der Waals surface area contributed by atoms with Crippen molar-refractivity contribution >= 4 is 50.6 Å². The van der Waals surface area contributed by atoms with E-state index in [-0.39, 0.29) is 0 Å². The molecule has 0 saturated carbocycles. The second-order valence-corrected chi connectivity index (χ2v) is 8.11. The van der Waals surface area contributed by atoms with Crippen molar-refractivity contribution in [2.45, 2.75) is 6.92 Å². The van der Waals surface area contributed by atoms with Crippen LogP contribution in [0.2, 0.25) is 5.02 Å². The van der Waals surface area contributed by atoms with Crippen molar-refractivity contribution in [2.75, 3.05) is 42.6 Å². The topological polar surface area (TPSA) is 43.9 Å². The van der Waals surface area contributed by atoms with Crippen LogP contribution in [0.4, 0.5) is 11.4 Å². The van der Waals surface area contributed by atoms with Crippen molar-refractivity contribution in [1.29, 1.82) is 0 Å². The lowest BCUT2D eigenvalue weighted by atomic mass is 10.1. The van der Waals surface area contributed by atoms with Gasteiger partial charge in [-0.15, -0.1) is 0 Å². The van der Waals surface area contributed by atoms with Crippen molar-refractivity contribution in [3.8, 4) is 0 Å². The molecule has 1 fully saturated rings. The Balaban J connectivity index is 1.46. The summed E-state index contributed by atoms with van der Waals surface area (Å²) >= 11 is 9.55. The lowest BCUT2D eigenvalue weighted by Crippen LogP contribution is -2.51. The van der Waals surface area contributed by atoms with E-state index in [0.717, 1.165) is 42.5 Å². The van der Waals surface area contributed by atoms with Gasteiger partial charge in [-0.1, -0.05) is 23.7 Å². The molecule has 0 atom stereocenters. The monoisotopic (exact) mass is 447 g/mol. The molecule has 2 heterocycles. The number of rotatable bonds is 3. The zero-order chi connectivity index (χ0) is 19.1. The van der Waals surface area contributed by atoms with Crippen LogP contribution < -0.4 is 9.80 Å². The Hall–Kier alpha value is -1.89. The third-order valence-corrected chi connectivity index (χ3v) is 6.41. The summed E-state index contributed by atoms with van der Waals surface area (Å²) in [6, 6.07) is 11.6. The number of hydrogen-bond acceptors (Lipinski definition) is 4. The van der Waals surface area contributed by atoms with Crippen molar-refractivity contribution in [3.05, 3.63) is 57.0 Å². The average Bonchev–Trinajstić information content (AvgIpc) is 2.90. The number of amides is 1. The zero-order valence-corrected chi connectivity index (χ0v) is 17.3. The summed E-state index contributed by atoms with van der Waals surface area (Å²) in [6.07, 6.45) is 0. The first-order chi connectivity index (χ1) is 13.0. The highest BCUT2D eigenvalue weighted by atomic mass is 79.9. The molecule has 0 unspecified atom stereocenters. The van der Waals surface area contributed by atoms with Crippen LogP contribution in [-0.2, 0) is 4.79 Å². The minimum absolute atomic E-state index is 0.427. The lowest BCUT2D eigenvalue weighted by Gasteiger charge is -2.37. The lowest BCUT2D eigenvalue weighted by molar-refractivity contribution is -0.114. The fourth-order valence-corrected chi connectivity index (χ4v) is 4.31. The van der Waals surface area contributed by atoms with E-state index in [4.69, 9.17) is 11.6 Å². The first kappa shape index (κ1) is 18.5. The Bertz CT molecular complexity index is 925. The molecule has 2 aliphatic rings. The van der Waals surface area contributed by atoms with E-state index in [9.17, 15) is 9.59 Å². The Labute approximate surface area is 171 Å². The maximum absolute atomic E-state index is 12.5. The summed E-state index contributed by atoms with van der Waals surface area (Å²) in [7, 11) is 0. The van der Waals surface area contributed by atoms with Gasteiger partial charge in [-0.25, -0.2) is 0 Å². The number of aryl methyl sites for hydroxylation is 1. The minimum atomic E-state index is -0.450. The molecule has 2 aliphatic heterocycles. The van der Waals surface area contributed by atoms with E-state index in [0.29, 0.717) is 22.4 Å². The van der Waals surface area contributed by atoms with Crippen LogP contribution in [0, 0.1) is 6.92 Å². The Kier molecular flexibility index (Phi) is 4.97. The molecule has 27 heavy (non-hydrogen) atoms. The number of halogens is 2. The van der Waals surface area contributed by atoms with E-state index in [1.807, 2.05) is 37.3 Å². The predicted octanol–water partition coefficient (Wildman–Crippen LogP) is 3.72. The smallest absolute Gasteiger partial charge is 0.300 e. The first-order valence-corrected chi connectivity index (χ1v) is 10.0. The molecular weight excluding hydrogens is 430 g/mol. The van der Waals surface area contributed by atoms with E-state index in [1.165, 1.54) is 0 Å². The number of Topliss-reactive ketones (excluding diaryl/α,β-unsaturated/α-hetero) is 1. The Morgan fingerprint density at radius 2 is 1.81 bits per heavy atom. The molecule has 1 amide bonds. The van der Waals surface area contributed by atoms with Crippen LogP contribution in [-0.4, -0.2) is 49.4 Å². The van der Waals surface area contributed by atoms with Gasteiger partial charge in [-0.3, -0.25) is 19.4 Å². The molecule has 2 aromatic carbocycles. The number of benzene rings is 2. The van der Waals surface area contributed by atoms with Gasteiger partial charge < -0.3 is 4.90 Å². The van der Waals surface area contributed by atoms with Crippen LogP contribution in [0.25, 0.3) is 0 Å². The average molecular weight is 449 g/mol. The largest absolute Gasteiger partial charge is 0.369 e.